The molecule has 0 bridgehead atoms. The molecule has 5 rings (SSSR count). The molecule has 0 aliphatic rings. The Labute approximate surface area is 144 Å². The number of furan rings is 1. The molecule has 5 aromatic rings. The first-order chi connectivity index (χ1) is 12.3. The molecule has 0 saturated carbocycles. The third kappa shape index (κ3) is 2.02. The van der Waals surface area contributed by atoms with Crippen molar-refractivity contribution in [3.63, 3.8) is 0 Å². The minimum atomic E-state index is 0.615. The van der Waals surface area contributed by atoms with Crippen LogP contribution in [0.3, 0.4) is 0 Å². The lowest BCUT2D eigenvalue weighted by Crippen LogP contribution is -1.86. The fraction of sp³-hybridized carbons (Fsp3) is 0. The molecular weight excluding hydrogens is 308 g/mol. The monoisotopic (exact) mass is 320 g/mol. The summed E-state index contributed by atoms with van der Waals surface area (Å²) in [4.78, 5) is 8.15. The van der Waals surface area contributed by atoms with Gasteiger partial charge in [-0.2, -0.15) is 0 Å². The molecule has 2 aromatic heterocycles. The average molecular weight is 320 g/mol. The molecule has 0 amide bonds. The van der Waals surface area contributed by atoms with Gasteiger partial charge in [0.15, 0.2) is 5.69 Å². The van der Waals surface area contributed by atoms with Crippen LogP contribution >= 0.6 is 0 Å². The molecular formula is C22H12N2O. The van der Waals surface area contributed by atoms with Gasteiger partial charge in [0.2, 0.25) is 0 Å². The number of para-hydroxylation sites is 1. The lowest BCUT2D eigenvalue weighted by molar-refractivity contribution is 0.670. The van der Waals surface area contributed by atoms with Crippen LogP contribution in [0.15, 0.2) is 77.3 Å². The predicted octanol–water partition coefficient (Wildman–Crippen LogP) is 6.35. The van der Waals surface area contributed by atoms with E-state index in [1.54, 1.807) is 6.07 Å². The Morgan fingerprint density at radius 2 is 1.72 bits per heavy atom. The van der Waals surface area contributed by atoms with Crippen molar-refractivity contribution in [1.29, 1.82) is 0 Å². The summed E-state index contributed by atoms with van der Waals surface area (Å²) in [6.07, 6.45) is 1.83. The lowest BCUT2D eigenvalue weighted by atomic mass is 10.0. The van der Waals surface area contributed by atoms with Gasteiger partial charge in [-0.3, -0.25) is 4.98 Å². The van der Waals surface area contributed by atoms with Crippen LogP contribution < -0.4 is 0 Å². The number of hydrogen-bond donors (Lipinski definition) is 0. The summed E-state index contributed by atoms with van der Waals surface area (Å²) >= 11 is 0. The normalized spacial score (nSPS) is 11.2. The van der Waals surface area contributed by atoms with E-state index in [4.69, 9.17) is 11.0 Å². The molecule has 2 heterocycles. The zero-order valence-corrected chi connectivity index (χ0v) is 13.2. The van der Waals surface area contributed by atoms with Gasteiger partial charge in [-0.05, 0) is 29.7 Å². The smallest absolute Gasteiger partial charge is 0.188 e. The number of aromatic nitrogens is 1. The molecule has 0 aliphatic carbocycles. The highest BCUT2D eigenvalue weighted by molar-refractivity contribution is 6.12. The Kier molecular flexibility index (Phi) is 2.86. The van der Waals surface area contributed by atoms with E-state index in [9.17, 15) is 0 Å². The van der Waals surface area contributed by atoms with Gasteiger partial charge in [0.05, 0.1) is 12.3 Å². The van der Waals surface area contributed by atoms with E-state index in [1.165, 1.54) is 0 Å². The minimum absolute atomic E-state index is 0.615. The van der Waals surface area contributed by atoms with Crippen molar-refractivity contribution in [3.8, 4) is 11.3 Å². The number of nitrogens with zero attached hydrogens (tertiary/aromatic N) is 2. The molecule has 25 heavy (non-hydrogen) atoms. The Morgan fingerprint density at radius 3 is 2.64 bits per heavy atom. The van der Waals surface area contributed by atoms with Crippen LogP contribution in [0.25, 0.3) is 48.8 Å². The van der Waals surface area contributed by atoms with E-state index in [2.05, 4.69) is 22.0 Å². The minimum Gasteiger partial charge on any atom is -0.455 e. The summed E-state index contributed by atoms with van der Waals surface area (Å²) in [5, 5.41) is 4.22. The largest absolute Gasteiger partial charge is 0.455 e. The van der Waals surface area contributed by atoms with Crippen LogP contribution in [0, 0.1) is 6.57 Å². The summed E-state index contributed by atoms with van der Waals surface area (Å²) in [6, 6.07) is 21.8. The van der Waals surface area contributed by atoms with Crippen LogP contribution in [-0.2, 0) is 0 Å². The number of pyridine rings is 1. The Balaban J connectivity index is 1.89. The van der Waals surface area contributed by atoms with Crippen molar-refractivity contribution in [2.24, 2.45) is 0 Å². The Hall–Kier alpha value is -3.64. The van der Waals surface area contributed by atoms with E-state index in [0.717, 1.165) is 44.0 Å². The van der Waals surface area contributed by atoms with E-state index in [-0.39, 0.29) is 0 Å². The van der Waals surface area contributed by atoms with Crippen LogP contribution in [-0.4, -0.2) is 4.98 Å². The van der Waals surface area contributed by atoms with Crippen molar-refractivity contribution < 1.29 is 4.42 Å². The first-order valence-corrected chi connectivity index (χ1v) is 8.02. The maximum atomic E-state index is 7.23. The topological polar surface area (TPSA) is 30.4 Å². The second-order valence-corrected chi connectivity index (χ2v) is 5.96. The molecule has 0 spiro atoms. The van der Waals surface area contributed by atoms with Crippen LogP contribution in [0.1, 0.15) is 0 Å². The molecule has 0 radical (unpaired) electrons. The molecule has 0 unspecified atom stereocenters. The van der Waals surface area contributed by atoms with Crippen LogP contribution in [0.2, 0.25) is 0 Å². The zero-order valence-electron chi connectivity index (χ0n) is 13.2. The average Bonchev–Trinajstić information content (AvgIpc) is 3.05. The van der Waals surface area contributed by atoms with Gasteiger partial charge in [0.25, 0.3) is 0 Å². The van der Waals surface area contributed by atoms with Gasteiger partial charge in [0.1, 0.15) is 11.2 Å². The lowest BCUT2D eigenvalue weighted by Gasteiger charge is -2.06. The summed E-state index contributed by atoms with van der Waals surface area (Å²) in [5.74, 6) is 0. The number of hydrogen-bond acceptors (Lipinski definition) is 2. The molecule has 3 nitrogen and oxygen atoms in total. The first kappa shape index (κ1) is 13.8. The van der Waals surface area contributed by atoms with Gasteiger partial charge in [-0.15, -0.1) is 0 Å². The molecule has 3 aromatic carbocycles. The highest BCUT2D eigenvalue weighted by atomic mass is 16.3. The standard InChI is InChI=1S/C22H12N2O/c1-23-15-9-10-20-19(13-15)17-7-4-8-18(22(17)25-20)21-16-6-3-2-5-14(16)11-12-24-21/h2-13H. The second-order valence-electron chi connectivity index (χ2n) is 5.96. The highest BCUT2D eigenvalue weighted by Gasteiger charge is 2.14. The third-order valence-corrected chi connectivity index (χ3v) is 4.54. The summed E-state index contributed by atoms with van der Waals surface area (Å²) in [6.45, 7) is 7.23. The zero-order chi connectivity index (χ0) is 16.8. The fourth-order valence-electron chi connectivity index (χ4n) is 3.38. The van der Waals surface area contributed by atoms with Gasteiger partial charge < -0.3 is 4.42 Å². The third-order valence-electron chi connectivity index (χ3n) is 4.54. The number of fused-ring (bicyclic) bond motifs is 4. The van der Waals surface area contributed by atoms with Crippen LogP contribution in [0.5, 0.6) is 0 Å². The Morgan fingerprint density at radius 1 is 0.840 bits per heavy atom. The second kappa shape index (κ2) is 5.19. The van der Waals surface area contributed by atoms with E-state index in [0.29, 0.717) is 5.69 Å². The van der Waals surface area contributed by atoms with Crippen LogP contribution in [0.4, 0.5) is 5.69 Å². The molecule has 0 atom stereocenters. The number of benzene rings is 3. The maximum absolute atomic E-state index is 7.23. The molecule has 0 aliphatic heterocycles. The van der Waals surface area contributed by atoms with Crippen molar-refractivity contribution in [2.75, 3.05) is 0 Å². The van der Waals surface area contributed by atoms with Crippen molar-refractivity contribution in [2.45, 2.75) is 0 Å². The summed E-state index contributed by atoms with van der Waals surface area (Å²) in [7, 11) is 0. The molecule has 3 heteroatoms. The van der Waals surface area contributed by atoms with Gasteiger partial charge >= 0.3 is 0 Å². The molecule has 0 fully saturated rings. The van der Waals surface area contributed by atoms with Crippen molar-refractivity contribution >= 4 is 38.4 Å². The summed E-state index contributed by atoms with van der Waals surface area (Å²) in [5.41, 5.74) is 4.09. The van der Waals surface area contributed by atoms with Crippen molar-refractivity contribution in [1.82, 2.24) is 4.98 Å². The molecule has 116 valence electrons. The van der Waals surface area contributed by atoms with Gasteiger partial charge in [0, 0.05) is 27.9 Å². The number of rotatable bonds is 1. The van der Waals surface area contributed by atoms with E-state index in [1.807, 2.05) is 54.7 Å². The summed E-state index contributed by atoms with van der Waals surface area (Å²) < 4.78 is 6.14. The van der Waals surface area contributed by atoms with E-state index < -0.39 is 0 Å². The fourth-order valence-corrected chi connectivity index (χ4v) is 3.38. The molecule has 0 N–H and O–H groups in total. The highest BCUT2D eigenvalue weighted by Crippen LogP contribution is 2.38. The SMILES string of the molecule is [C-]#[N+]c1ccc2oc3c(-c4nccc5ccccc45)cccc3c2c1. The van der Waals surface area contributed by atoms with Crippen molar-refractivity contribution in [3.05, 3.63) is 84.3 Å². The van der Waals surface area contributed by atoms with Gasteiger partial charge in [-0.25, -0.2) is 4.85 Å². The van der Waals surface area contributed by atoms with E-state index >= 15 is 0 Å². The maximum Gasteiger partial charge on any atom is 0.188 e. The Bertz CT molecular complexity index is 1300. The first-order valence-electron chi connectivity index (χ1n) is 8.02. The quantitative estimate of drug-likeness (QED) is 0.337. The predicted molar refractivity (Wildman–Crippen MR) is 101 cm³/mol. The molecule has 0 saturated heterocycles. The van der Waals surface area contributed by atoms with Gasteiger partial charge in [-0.1, -0.05) is 42.5 Å².